The quantitative estimate of drug-likeness (QED) is 0.894. The van der Waals surface area contributed by atoms with Crippen molar-refractivity contribution in [2.24, 2.45) is 4.99 Å². The molecule has 0 radical (unpaired) electrons. The van der Waals surface area contributed by atoms with Crippen molar-refractivity contribution in [1.82, 2.24) is 10.3 Å². The number of nitrogens with one attached hydrogen (secondary N) is 1. The van der Waals surface area contributed by atoms with E-state index in [1.54, 1.807) is 0 Å². The Morgan fingerprint density at radius 1 is 1.13 bits per heavy atom. The topological polar surface area (TPSA) is 80.2 Å². The van der Waals surface area contributed by atoms with Gasteiger partial charge in [-0.2, -0.15) is 0 Å². The van der Waals surface area contributed by atoms with Crippen molar-refractivity contribution in [3.05, 3.63) is 33.7 Å². The fourth-order valence-electron chi connectivity index (χ4n) is 3.17. The zero-order chi connectivity index (χ0) is 16.4. The van der Waals surface area contributed by atoms with Crippen LogP contribution in [0.1, 0.15) is 31.4 Å². The number of benzene rings is 1. The third kappa shape index (κ3) is 3.12. The van der Waals surface area contributed by atoms with Crippen molar-refractivity contribution in [1.29, 1.82) is 0 Å². The summed E-state index contributed by atoms with van der Waals surface area (Å²) in [6, 6.07) is 3.67. The second kappa shape index (κ2) is 6.74. The van der Waals surface area contributed by atoms with Gasteiger partial charge in [0.15, 0.2) is 0 Å². The Balaban J connectivity index is 1.79. The third-order valence-corrected chi connectivity index (χ3v) is 4.59. The van der Waals surface area contributed by atoms with Crippen LogP contribution in [0, 0.1) is 10.4 Å². The van der Waals surface area contributed by atoms with Gasteiger partial charge >= 0.3 is 0 Å². The number of fused-ring (bicyclic) bond motifs is 2. The molecule has 1 heterocycles. The molecule has 0 spiro atoms. The van der Waals surface area contributed by atoms with Gasteiger partial charge in [-0.05, 0) is 55.6 Å². The second-order valence-electron chi connectivity index (χ2n) is 5.90. The smallest absolute Gasteiger partial charge is 0.206 e. The maximum Gasteiger partial charge on any atom is 0.206 e. The van der Waals surface area contributed by atoms with Crippen LogP contribution in [0.3, 0.4) is 0 Å². The van der Waals surface area contributed by atoms with Crippen molar-refractivity contribution in [3.63, 3.8) is 0 Å². The Morgan fingerprint density at radius 2 is 1.78 bits per heavy atom. The van der Waals surface area contributed by atoms with Crippen molar-refractivity contribution < 1.29 is 0 Å². The Labute approximate surface area is 136 Å². The molecule has 0 saturated carbocycles. The molecule has 0 fully saturated rings. The first-order chi connectivity index (χ1) is 11.1. The lowest BCUT2D eigenvalue weighted by Gasteiger charge is -2.46. The van der Waals surface area contributed by atoms with E-state index in [0.29, 0.717) is 23.1 Å². The molecule has 2 aliphatic rings. The summed E-state index contributed by atoms with van der Waals surface area (Å²) in [5.41, 5.74) is 5.65. The van der Waals surface area contributed by atoms with E-state index < -0.39 is 0 Å². The summed E-state index contributed by atoms with van der Waals surface area (Å²) in [7, 11) is 0. The van der Waals surface area contributed by atoms with Crippen molar-refractivity contribution in [3.8, 4) is 0 Å². The number of nitrogens with zero attached hydrogens (tertiary/aromatic N) is 4. The minimum atomic E-state index is 0.0672. The zero-order valence-corrected chi connectivity index (χ0v) is 13.7. The van der Waals surface area contributed by atoms with E-state index >= 15 is 0 Å². The number of aliphatic imine (C=N–C) groups is 1. The first kappa shape index (κ1) is 16.0. The van der Waals surface area contributed by atoms with Crippen LogP contribution < -0.4 is 15.7 Å². The first-order valence-corrected chi connectivity index (χ1v) is 8.27. The van der Waals surface area contributed by atoms with Gasteiger partial charge in [-0.25, -0.2) is 0 Å². The molecule has 0 bridgehead atoms. The van der Waals surface area contributed by atoms with Crippen LogP contribution in [0.15, 0.2) is 17.1 Å². The molecule has 1 N–H and O–H groups in total. The van der Waals surface area contributed by atoms with Crippen LogP contribution in [-0.4, -0.2) is 37.0 Å². The third-order valence-electron chi connectivity index (χ3n) is 4.59. The van der Waals surface area contributed by atoms with Gasteiger partial charge < -0.3 is 25.5 Å². The van der Waals surface area contributed by atoms with Gasteiger partial charge in [0.05, 0.1) is 17.9 Å². The summed E-state index contributed by atoms with van der Waals surface area (Å²) in [6.07, 6.45) is 3.02. The molecule has 1 aliphatic heterocycles. The van der Waals surface area contributed by atoms with E-state index in [9.17, 15) is 10.4 Å². The number of rotatable bonds is 5. The molecule has 0 saturated heterocycles. The van der Waals surface area contributed by atoms with Crippen molar-refractivity contribution in [2.45, 2.75) is 33.1 Å². The molecule has 1 aliphatic carbocycles. The van der Waals surface area contributed by atoms with Crippen LogP contribution >= 0.6 is 0 Å². The number of likely N-dealkylation sites (N-methyl/N-ethyl adjacent to an activating group) is 1. The Bertz CT molecular complexity index is 600. The standard InChI is InChI=1S/C16H23N5O2/c1-3-19(4-2)9-8-17-16-18-21(23)15-11-13-7-5-6-12(13)10-14(15)20(16)22/h10-11H,3-9H2,1-2H3,(H,17,18)/q-2. The van der Waals surface area contributed by atoms with E-state index in [4.69, 9.17) is 0 Å². The zero-order valence-electron chi connectivity index (χ0n) is 13.7. The largest absolute Gasteiger partial charge is 0.752 e. The summed E-state index contributed by atoms with van der Waals surface area (Å²) < 4.78 is 0. The van der Waals surface area contributed by atoms with Crippen molar-refractivity contribution in [2.75, 3.05) is 36.4 Å². The van der Waals surface area contributed by atoms with Gasteiger partial charge in [0.25, 0.3) is 0 Å². The lowest BCUT2D eigenvalue weighted by atomic mass is 10.1. The lowest BCUT2D eigenvalue weighted by molar-refractivity contribution is 0.313. The molecule has 0 amide bonds. The summed E-state index contributed by atoms with van der Waals surface area (Å²) in [5, 5.41) is 26.1. The molecule has 0 unspecified atom stereocenters. The summed E-state index contributed by atoms with van der Waals surface area (Å²) in [6.45, 7) is 7.31. The maximum atomic E-state index is 12.5. The highest BCUT2D eigenvalue weighted by Crippen LogP contribution is 2.37. The molecular formula is C16H23N5O2-2. The highest BCUT2D eigenvalue weighted by Gasteiger charge is 2.21. The fourth-order valence-corrected chi connectivity index (χ4v) is 3.17. The molecule has 3 rings (SSSR count). The van der Waals surface area contributed by atoms with Gasteiger partial charge in [-0.3, -0.25) is 10.4 Å². The molecule has 0 atom stereocenters. The fraction of sp³-hybridized carbons (Fsp3) is 0.562. The van der Waals surface area contributed by atoms with E-state index in [2.05, 4.69) is 29.2 Å². The minimum Gasteiger partial charge on any atom is -0.752 e. The molecule has 1 aromatic rings. The Kier molecular flexibility index (Phi) is 4.70. The number of hydrogen-bond donors (Lipinski definition) is 1. The average Bonchev–Trinajstić information content (AvgIpc) is 3.02. The van der Waals surface area contributed by atoms with E-state index in [-0.39, 0.29) is 5.96 Å². The number of hydrogen-bond acceptors (Lipinski definition) is 5. The van der Waals surface area contributed by atoms with Gasteiger partial charge in [-0.15, -0.1) is 0 Å². The highest BCUT2D eigenvalue weighted by atomic mass is 16.6. The monoisotopic (exact) mass is 317 g/mol. The summed E-state index contributed by atoms with van der Waals surface area (Å²) in [4.78, 5) is 6.50. The van der Waals surface area contributed by atoms with E-state index in [0.717, 1.165) is 44.0 Å². The molecular weight excluding hydrogens is 294 g/mol. The van der Waals surface area contributed by atoms with Gasteiger partial charge in [0, 0.05) is 6.54 Å². The summed E-state index contributed by atoms with van der Waals surface area (Å²) in [5.74, 6) is 0.0672. The van der Waals surface area contributed by atoms with Crippen molar-refractivity contribution >= 4 is 17.3 Å². The predicted molar refractivity (Wildman–Crippen MR) is 93.4 cm³/mol. The first-order valence-electron chi connectivity index (χ1n) is 8.27. The molecule has 1 aromatic carbocycles. The predicted octanol–water partition coefficient (Wildman–Crippen LogP) is 2.00. The maximum absolute atomic E-state index is 12.5. The van der Waals surface area contributed by atoms with Gasteiger partial charge in [0.1, 0.15) is 0 Å². The number of hydrazine groups is 1. The van der Waals surface area contributed by atoms with Crippen LogP contribution in [0.25, 0.3) is 0 Å². The molecule has 7 heteroatoms. The number of guanidine groups is 1. The molecule has 7 nitrogen and oxygen atoms in total. The van der Waals surface area contributed by atoms with E-state index in [1.165, 1.54) is 11.1 Å². The van der Waals surface area contributed by atoms with Gasteiger partial charge in [-0.1, -0.05) is 13.8 Å². The normalized spacial score (nSPS) is 18.4. The van der Waals surface area contributed by atoms with Crippen LogP contribution in [0.2, 0.25) is 0 Å². The molecule has 23 heavy (non-hydrogen) atoms. The average molecular weight is 317 g/mol. The highest BCUT2D eigenvalue weighted by molar-refractivity contribution is 6.04. The minimum absolute atomic E-state index is 0.0672. The number of anilines is 2. The summed E-state index contributed by atoms with van der Waals surface area (Å²) >= 11 is 0. The van der Waals surface area contributed by atoms with Gasteiger partial charge in [0.2, 0.25) is 5.96 Å². The number of aryl methyl sites for hydroxylation is 2. The molecule has 0 aromatic heterocycles. The van der Waals surface area contributed by atoms with Crippen LogP contribution in [0.5, 0.6) is 0 Å². The lowest BCUT2D eigenvalue weighted by Crippen LogP contribution is -2.51. The Hall–Kier alpha value is -1.83. The van der Waals surface area contributed by atoms with E-state index in [1.807, 2.05) is 12.1 Å². The number of hydroxylamine groups is 1. The van der Waals surface area contributed by atoms with Crippen LogP contribution in [0.4, 0.5) is 11.4 Å². The Morgan fingerprint density at radius 3 is 2.43 bits per heavy atom. The van der Waals surface area contributed by atoms with Crippen LogP contribution in [-0.2, 0) is 12.8 Å². The molecule has 126 valence electrons. The SMILES string of the molecule is CCN(CC)CCN=C1NN([O-])c2cc3c(cc2N1[O-])CCC3. The second-order valence-corrected chi connectivity index (χ2v) is 5.90.